The molecule has 1 aliphatic rings. The molecule has 0 saturated carbocycles. The summed E-state index contributed by atoms with van der Waals surface area (Å²) in [5, 5.41) is 12.2. The first kappa shape index (κ1) is 24.0. The number of benzene rings is 3. The van der Waals surface area contributed by atoms with Crippen LogP contribution in [0, 0.1) is 11.3 Å². The molecule has 1 heterocycles. The molecule has 0 aliphatic carbocycles. The Hall–Kier alpha value is -3.17. The molecule has 3 aromatic carbocycles. The molecule has 0 aromatic heterocycles. The van der Waals surface area contributed by atoms with Gasteiger partial charge in [0.15, 0.2) is 0 Å². The highest BCUT2D eigenvalue weighted by molar-refractivity contribution is 5.34. The average molecular weight is 455 g/mol. The lowest BCUT2D eigenvalue weighted by molar-refractivity contribution is 0.119. The highest BCUT2D eigenvalue weighted by Crippen LogP contribution is 2.28. The third kappa shape index (κ3) is 6.68. The van der Waals surface area contributed by atoms with E-state index in [0.29, 0.717) is 0 Å². The normalized spacial score (nSPS) is 15.5. The Kier molecular flexibility index (Phi) is 8.70. The number of nitrogens with one attached hydrogen (secondary N) is 1. The Morgan fingerprint density at radius 3 is 2.18 bits per heavy atom. The summed E-state index contributed by atoms with van der Waals surface area (Å²) in [5.41, 5.74) is 4.44. The molecule has 176 valence electrons. The Morgan fingerprint density at radius 1 is 0.853 bits per heavy atom. The van der Waals surface area contributed by atoms with Gasteiger partial charge in [0.1, 0.15) is 11.9 Å². The molecule has 0 radical (unpaired) electrons. The average Bonchev–Trinajstić information content (AvgIpc) is 2.89. The zero-order valence-corrected chi connectivity index (χ0v) is 20.0. The third-order valence-corrected chi connectivity index (χ3v) is 6.42. The van der Waals surface area contributed by atoms with Crippen LogP contribution in [0.4, 0.5) is 0 Å². The summed E-state index contributed by atoms with van der Waals surface area (Å²) in [6, 6.07) is 29.1. The number of hydrogen-bond acceptors (Lipinski definition) is 5. The molecule has 0 bridgehead atoms. The SMILES string of the molecule is CNCCC(Oc1ccccc1CN1CCN(Cc2ccc(C#N)cc2)CC1)c1ccccc1. The maximum atomic E-state index is 8.99. The first-order valence-electron chi connectivity index (χ1n) is 12.1. The van der Waals surface area contributed by atoms with Crippen molar-refractivity contribution in [1.29, 1.82) is 5.26 Å². The minimum absolute atomic E-state index is 0.0269. The summed E-state index contributed by atoms with van der Waals surface area (Å²) in [4.78, 5) is 5.01. The van der Waals surface area contributed by atoms with E-state index in [-0.39, 0.29) is 6.10 Å². The van der Waals surface area contributed by atoms with Gasteiger partial charge in [0.25, 0.3) is 0 Å². The van der Waals surface area contributed by atoms with Crippen molar-refractivity contribution in [2.24, 2.45) is 0 Å². The number of piperazine rings is 1. The van der Waals surface area contributed by atoms with Crippen LogP contribution in [-0.4, -0.2) is 49.6 Å². The fourth-order valence-electron chi connectivity index (χ4n) is 4.43. The first-order chi connectivity index (χ1) is 16.7. The van der Waals surface area contributed by atoms with E-state index in [1.54, 1.807) is 0 Å². The number of ether oxygens (including phenoxy) is 1. The quantitative estimate of drug-likeness (QED) is 0.485. The highest BCUT2D eigenvalue weighted by Gasteiger charge is 2.20. The van der Waals surface area contributed by atoms with Crippen LogP contribution in [0.5, 0.6) is 5.75 Å². The van der Waals surface area contributed by atoms with Gasteiger partial charge in [-0.15, -0.1) is 0 Å². The lowest BCUT2D eigenvalue weighted by atomic mass is 10.1. The monoisotopic (exact) mass is 454 g/mol. The van der Waals surface area contributed by atoms with E-state index >= 15 is 0 Å². The number of nitrogens with zero attached hydrogens (tertiary/aromatic N) is 3. The van der Waals surface area contributed by atoms with Gasteiger partial charge in [0.2, 0.25) is 0 Å². The smallest absolute Gasteiger partial charge is 0.125 e. The van der Waals surface area contributed by atoms with Crippen molar-refractivity contribution in [2.45, 2.75) is 25.6 Å². The molecule has 1 N–H and O–H groups in total. The molecule has 0 spiro atoms. The summed E-state index contributed by atoms with van der Waals surface area (Å²) in [7, 11) is 1.98. The first-order valence-corrected chi connectivity index (χ1v) is 12.1. The molecule has 1 atom stereocenters. The number of para-hydroxylation sites is 1. The van der Waals surface area contributed by atoms with Crippen molar-refractivity contribution in [3.8, 4) is 11.8 Å². The Morgan fingerprint density at radius 2 is 1.50 bits per heavy atom. The Bertz CT molecular complexity index is 1050. The van der Waals surface area contributed by atoms with Crippen molar-refractivity contribution < 1.29 is 4.74 Å². The molecule has 34 heavy (non-hydrogen) atoms. The van der Waals surface area contributed by atoms with Crippen LogP contribution in [0.3, 0.4) is 0 Å². The Balaban J connectivity index is 1.35. The maximum Gasteiger partial charge on any atom is 0.125 e. The molecule has 1 unspecified atom stereocenters. The van der Waals surface area contributed by atoms with Crippen LogP contribution >= 0.6 is 0 Å². The highest BCUT2D eigenvalue weighted by atomic mass is 16.5. The lowest BCUT2D eigenvalue weighted by Gasteiger charge is -2.35. The summed E-state index contributed by atoms with van der Waals surface area (Å²) in [5.74, 6) is 0.979. The molecule has 1 aliphatic heterocycles. The molecule has 4 rings (SSSR count). The van der Waals surface area contributed by atoms with Crippen molar-refractivity contribution >= 4 is 0 Å². The largest absolute Gasteiger partial charge is 0.485 e. The van der Waals surface area contributed by atoms with Gasteiger partial charge in [0.05, 0.1) is 11.6 Å². The van der Waals surface area contributed by atoms with E-state index in [1.807, 2.05) is 25.2 Å². The number of rotatable bonds is 10. The standard InChI is InChI=1S/C29H34N4O/c1-31-16-15-29(26-7-3-2-4-8-26)34-28-10-6-5-9-27(28)23-33-19-17-32(18-20-33)22-25-13-11-24(21-30)12-14-25/h2-14,29,31H,15-20,22-23H2,1H3. The minimum Gasteiger partial charge on any atom is -0.485 e. The van der Waals surface area contributed by atoms with E-state index in [4.69, 9.17) is 10.00 Å². The second-order valence-electron chi connectivity index (χ2n) is 8.88. The lowest BCUT2D eigenvalue weighted by Crippen LogP contribution is -2.45. The van der Waals surface area contributed by atoms with Gasteiger partial charge in [-0.1, -0.05) is 60.7 Å². The van der Waals surface area contributed by atoms with Crippen LogP contribution in [0.1, 0.15) is 34.8 Å². The van der Waals surface area contributed by atoms with Gasteiger partial charge < -0.3 is 10.1 Å². The summed E-state index contributed by atoms with van der Waals surface area (Å²) < 4.78 is 6.59. The fraction of sp³-hybridized carbons (Fsp3) is 0.345. The zero-order valence-electron chi connectivity index (χ0n) is 20.0. The molecule has 3 aromatic rings. The van der Waals surface area contributed by atoms with E-state index < -0.39 is 0 Å². The predicted octanol–water partition coefficient (Wildman–Crippen LogP) is 4.61. The van der Waals surface area contributed by atoms with Crippen LogP contribution in [0.15, 0.2) is 78.9 Å². The number of nitriles is 1. The van der Waals surface area contributed by atoms with Gasteiger partial charge in [-0.2, -0.15) is 5.26 Å². The second-order valence-corrected chi connectivity index (χ2v) is 8.88. The van der Waals surface area contributed by atoms with Gasteiger partial charge >= 0.3 is 0 Å². The van der Waals surface area contributed by atoms with Crippen molar-refractivity contribution in [2.75, 3.05) is 39.8 Å². The van der Waals surface area contributed by atoms with E-state index in [9.17, 15) is 0 Å². The van der Waals surface area contributed by atoms with Crippen LogP contribution in [-0.2, 0) is 13.1 Å². The van der Waals surface area contributed by atoms with Crippen molar-refractivity contribution in [3.05, 3.63) is 101 Å². The third-order valence-electron chi connectivity index (χ3n) is 6.42. The summed E-state index contributed by atoms with van der Waals surface area (Å²) in [6.07, 6.45) is 0.946. The van der Waals surface area contributed by atoms with Crippen LogP contribution in [0.2, 0.25) is 0 Å². The number of hydrogen-bond donors (Lipinski definition) is 1. The van der Waals surface area contributed by atoms with Gasteiger partial charge in [-0.3, -0.25) is 9.80 Å². The molecular formula is C29H34N4O. The van der Waals surface area contributed by atoms with Crippen molar-refractivity contribution in [1.82, 2.24) is 15.1 Å². The molecule has 0 amide bonds. The van der Waals surface area contributed by atoms with Crippen LogP contribution in [0.25, 0.3) is 0 Å². The minimum atomic E-state index is 0.0269. The molecule has 5 nitrogen and oxygen atoms in total. The summed E-state index contributed by atoms with van der Waals surface area (Å²) >= 11 is 0. The molecule has 5 heteroatoms. The molecule has 1 saturated heterocycles. The van der Waals surface area contributed by atoms with Crippen molar-refractivity contribution in [3.63, 3.8) is 0 Å². The fourth-order valence-corrected chi connectivity index (χ4v) is 4.43. The van der Waals surface area contributed by atoms with E-state index in [0.717, 1.165) is 63.5 Å². The van der Waals surface area contributed by atoms with Crippen LogP contribution < -0.4 is 10.1 Å². The van der Waals surface area contributed by atoms with Gasteiger partial charge in [-0.05, 0) is 42.9 Å². The zero-order chi connectivity index (χ0) is 23.6. The van der Waals surface area contributed by atoms with Gasteiger partial charge in [0, 0.05) is 51.3 Å². The maximum absolute atomic E-state index is 8.99. The Labute approximate surface area is 203 Å². The topological polar surface area (TPSA) is 51.5 Å². The summed E-state index contributed by atoms with van der Waals surface area (Å²) in [6.45, 7) is 6.88. The second kappa shape index (κ2) is 12.3. The molecular weight excluding hydrogens is 420 g/mol. The van der Waals surface area contributed by atoms with E-state index in [2.05, 4.69) is 81.8 Å². The molecule has 1 fully saturated rings. The van der Waals surface area contributed by atoms with E-state index in [1.165, 1.54) is 16.7 Å². The predicted molar refractivity (Wildman–Crippen MR) is 137 cm³/mol. The van der Waals surface area contributed by atoms with Gasteiger partial charge in [-0.25, -0.2) is 0 Å².